The van der Waals surface area contributed by atoms with E-state index in [2.05, 4.69) is 17.1 Å². The average Bonchev–Trinajstić information content (AvgIpc) is 3.20. The van der Waals surface area contributed by atoms with Crippen molar-refractivity contribution in [2.75, 3.05) is 32.7 Å². The zero-order valence-electron chi connectivity index (χ0n) is 14.4. The van der Waals surface area contributed by atoms with Gasteiger partial charge in [-0.05, 0) is 44.0 Å². The number of rotatable bonds is 6. The van der Waals surface area contributed by atoms with Gasteiger partial charge in [0.05, 0.1) is 18.7 Å². The van der Waals surface area contributed by atoms with E-state index in [-0.39, 0.29) is 17.7 Å². The first-order valence-electron chi connectivity index (χ1n) is 8.92. The summed E-state index contributed by atoms with van der Waals surface area (Å²) < 4.78 is 5.28. The van der Waals surface area contributed by atoms with E-state index >= 15 is 0 Å². The summed E-state index contributed by atoms with van der Waals surface area (Å²) >= 11 is 0. The molecule has 6 heteroatoms. The molecule has 0 bridgehead atoms. The summed E-state index contributed by atoms with van der Waals surface area (Å²) in [5.74, 6) is 1.35. The Morgan fingerprint density at radius 2 is 2.17 bits per heavy atom. The van der Waals surface area contributed by atoms with Crippen LogP contribution in [0.15, 0.2) is 22.8 Å². The van der Waals surface area contributed by atoms with Gasteiger partial charge in [0.1, 0.15) is 5.76 Å². The van der Waals surface area contributed by atoms with Crippen LogP contribution in [0.4, 0.5) is 0 Å². The van der Waals surface area contributed by atoms with Crippen molar-refractivity contribution in [3.05, 3.63) is 24.2 Å². The minimum absolute atomic E-state index is 0.00401. The number of furan rings is 1. The lowest BCUT2D eigenvalue weighted by Gasteiger charge is -2.30. The number of hydrogen-bond donors (Lipinski definition) is 1. The van der Waals surface area contributed by atoms with Crippen LogP contribution >= 0.6 is 0 Å². The smallest absolute Gasteiger partial charge is 0.225 e. The summed E-state index contributed by atoms with van der Waals surface area (Å²) in [5.41, 5.74) is 0. The van der Waals surface area contributed by atoms with Crippen molar-refractivity contribution < 1.29 is 14.0 Å². The summed E-state index contributed by atoms with van der Waals surface area (Å²) in [6.07, 6.45) is 4.38. The van der Waals surface area contributed by atoms with Gasteiger partial charge < -0.3 is 19.5 Å². The van der Waals surface area contributed by atoms with Crippen LogP contribution in [0.5, 0.6) is 0 Å². The van der Waals surface area contributed by atoms with Gasteiger partial charge in [0.25, 0.3) is 0 Å². The van der Waals surface area contributed by atoms with Gasteiger partial charge in [-0.1, -0.05) is 6.92 Å². The quantitative estimate of drug-likeness (QED) is 0.856. The van der Waals surface area contributed by atoms with Crippen LogP contribution in [-0.2, 0) is 16.1 Å². The fourth-order valence-electron chi connectivity index (χ4n) is 3.46. The van der Waals surface area contributed by atoms with E-state index < -0.39 is 0 Å². The number of likely N-dealkylation sites (tertiary alicyclic amines) is 2. The first kappa shape index (κ1) is 17.0. The van der Waals surface area contributed by atoms with Gasteiger partial charge in [0, 0.05) is 26.1 Å². The van der Waals surface area contributed by atoms with E-state index in [0.717, 1.165) is 31.3 Å². The SMILES string of the molecule is CC1CCN(CCNC(=O)[C@H]2CC(=O)N(Cc3ccco3)C2)CC1. The Morgan fingerprint density at radius 1 is 1.38 bits per heavy atom. The highest BCUT2D eigenvalue weighted by Crippen LogP contribution is 2.20. The van der Waals surface area contributed by atoms with Gasteiger partial charge in [-0.3, -0.25) is 9.59 Å². The highest BCUT2D eigenvalue weighted by Gasteiger charge is 2.34. The molecule has 2 aliphatic rings. The zero-order chi connectivity index (χ0) is 16.9. The normalized spacial score (nSPS) is 23.0. The van der Waals surface area contributed by atoms with Crippen molar-refractivity contribution in [1.29, 1.82) is 0 Å². The molecule has 24 heavy (non-hydrogen) atoms. The van der Waals surface area contributed by atoms with Gasteiger partial charge in [0.2, 0.25) is 11.8 Å². The largest absolute Gasteiger partial charge is 0.467 e. The molecule has 0 aromatic carbocycles. The summed E-state index contributed by atoms with van der Waals surface area (Å²) in [7, 11) is 0. The second-order valence-electron chi connectivity index (χ2n) is 7.07. The first-order chi connectivity index (χ1) is 11.6. The molecule has 0 unspecified atom stereocenters. The number of carbonyl (C=O) groups excluding carboxylic acids is 2. The number of nitrogens with zero attached hydrogens (tertiary/aromatic N) is 2. The minimum Gasteiger partial charge on any atom is -0.467 e. The van der Waals surface area contributed by atoms with Gasteiger partial charge >= 0.3 is 0 Å². The molecular weight excluding hydrogens is 306 g/mol. The van der Waals surface area contributed by atoms with Crippen molar-refractivity contribution in [3.8, 4) is 0 Å². The molecule has 1 N–H and O–H groups in total. The molecule has 2 saturated heterocycles. The molecule has 2 aliphatic heterocycles. The number of nitrogens with one attached hydrogen (secondary N) is 1. The van der Waals surface area contributed by atoms with Crippen molar-refractivity contribution >= 4 is 11.8 Å². The average molecular weight is 333 g/mol. The predicted molar refractivity (Wildman–Crippen MR) is 90.1 cm³/mol. The number of amides is 2. The molecule has 1 aromatic heterocycles. The van der Waals surface area contributed by atoms with E-state index in [1.165, 1.54) is 12.8 Å². The summed E-state index contributed by atoms with van der Waals surface area (Å²) in [5, 5.41) is 3.00. The third kappa shape index (κ3) is 4.38. The van der Waals surface area contributed by atoms with Crippen molar-refractivity contribution in [3.63, 3.8) is 0 Å². The molecule has 0 radical (unpaired) electrons. The molecular formula is C18H27N3O3. The van der Waals surface area contributed by atoms with Crippen LogP contribution < -0.4 is 5.32 Å². The topological polar surface area (TPSA) is 65.8 Å². The van der Waals surface area contributed by atoms with E-state index in [1.807, 2.05) is 6.07 Å². The van der Waals surface area contributed by atoms with Crippen LogP contribution in [0.3, 0.4) is 0 Å². The highest BCUT2D eigenvalue weighted by atomic mass is 16.3. The monoisotopic (exact) mass is 333 g/mol. The van der Waals surface area contributed by atoms with Crippen LogP contribution in [0.2, 0.25) is 0 Å². The lowest BCUT2D eigenvalue weighted by Crippen LogP contribution is -2.41. The molecule has 0 aliphatic carbocycles. The van der Waals surface area contributed by atoms with Crippen molar-refractivity contribution in [2.24, 2.45) is 11.8 Å². The third-order valence-corrected chi connectivity index (χ3v) is 5.12. The number of hydrogen-bond acceptors (Lipinski definition) is 4. The molecule has 0 saturated carbocycles. The zero-order valence-corrected chi connectivity index (χ0v) is 14.4. The summed E-state index contributed by atoms with van der Waals surface area (Å²) in [6, 6.07) is 3.65. The Kier molecular flexibility index (Phi) is 5.56. The molecule has 1 atom stereocenters. The molecule has 3 rings (SSSR count). The van der Waals surface area contributed by atoms with Gasteiger partial charge in [-0.15, -0.1) is 0 Å². The second kappa shape index (κ2) is 7.83. The molecule has 2 fully saturated rings. The Hall–Kier alpha value is -1.82. The van der Waals surface area contributed by atoms with Crippen molar-refractivity contribution in [1.82, 2.24) is 15.1 Å². The first-order valence-corrected chi connectivity index (χ1v) is 8.92. The Bertz CT molecular complexity index is 550. The fraction of sp³-hybridized carbons (Fsp3) is 0.667. The maximum atomic E-state index is 12.3. The maximum Gasteiger partial charge on any atom is 0.225 e. The van der Waals surface area contributed by atoms with Crippen LogP contribution in [0.1, 0.15) is 31.9 Å². The Morgan fingerprint density at radius 3 is 2.88 bits per heavy atom. The number of carbonyl (C=O) groups is 2. The van der Waals surface area contributed by atoms with E-state index in [9.17, 15) is 9.59 Å². The van der Waals surface area contributed by atoms with Crippen LogP contribution in [0, 0.1) is 11.8 Å². The molecule has 2 amide bonds. The molecule has 6 nitrogen and oxygen atoms in total. The van der Waals surface area contributed by atoms with Crippen LogP contribution in [0.25, 0.3) is 0 Å². The minimum atomic E-state index is -0.242. The van der Waals surface area contributed by atoms with Gasteiger partial charge in [-0.2, -0.15) is 0 Å². The van der Waals surface area contributed by atoms with E-state index in [1.54, 1.807) is 17.2 Å². The van der Waals surface area contributed by atoms with Gasteiger partial charge in [-0.25, -0.2) is 0 Å². The molecule has 0 spiro atoms. The number of piperidine rings is 1. The second-order valence-corrected chi connectivity index (χ2v) is 7.07. The molecule has 1 aromatic rings. The summed E-state index contributed by atoms with van der Waals surface area (Å²) in [6.45, 7) is 7.02. The van der Waals surface area contributed by atoms with E-state index in [4.69, 9.17) is 4.42 Å². The highest BCUT2D eigenvalue weighted by molar-refractivity contribution is 5.89. The lowest BCUT2D eigenvalue weighted by molar-refractivity contribution is -0.129. The maximum absolute atomic E-state index is 12.3. The van der Waals surface area contributed by atoms with Gasteiger partial charge in [0.15, 0.2) is 0 Å². The molecule has 3 heterocycles. The van der Waals surface area contributed by atoms with E-state index in [0.29, 0.717) is 26.1 Å². The predicted octanol–water partition coefficient (Wildman–Crippen LogP) is 1.48. The third-order valence-electron chi connectivity index (χ3n) is 5.12. The molecule has 132 valence electrons. The lowest BCUT2D eigenvalue weighted by atomic mass is 9.99. The Labute approximate surface area is 143 Å². The fourth-order valence-corrected chi connectivity index (χ4v) is 3.46. The standard InChI is InChI=1S/C18H27N3O3/c1-14-4-7-20(8-5-14)9-6-19-18(23)15-11-17(22)21(12-15)13-16-3-2-10-24-16/h2-3,10,14-15H,4-9,11-13H2,1H3,(H,19,23)/t15-/m0/s1. The summed E-state index contributed by atoms with van der Waals surface area (Å²) in [4.78, 5) is 28.5. The van der Waals surface area contributed by atoms with Crippen molar-refractivity contribution in [2.45, 2.75) is 32.7 Å². The van der Waals surface area contributed by atoms with Crippen LogP contribution in [-0.4, -0.2) is 54.3 Å². The Balaban J connectivity index is 1.38.